The number of aryl methyl sites for hydroxylation is 1. The van der Waals surface area contributed by atoms with Gasteiger partial charge in [-0.05, 0) is 18.6 Å². The van der Waals surface area contributed by atoms with E-state index in [0.29, 0.717) is 6.04 Å². The lowest BCUT2D eigenvalue weighted by Crippen LogP contribution is -2.33. The smallest absolute Gasteiger partial charge is 0.0964 e. The van der Waals surface area contributed by atoms with E-state index in [9.17, 15) is 0 Å². The number of thioether (sulfide) groups is 1. The number of aromatic nitrogens is 3. The summed E-state index contributed by atoms with van der Waals surface area (Å²) in [6.07, 6.45) is 4.60. The minimum atomic E-state index is 0.663. The molecule has 0 saturated carbocycles. The van der Waals surface area contributed by atoms with Gasteiger partial charge >= 0.3 is 0 Å². The maximum atomic E-state index is 4.04. The number of nitrogens with one attached hydrogen (secondary N) is 1. The highest BCUT2D eigenvalue weighted by Crippen LogP contribution is 2.16. The van der Waals surface area contributed by atoms with Crippen LogP contribution in [0.2, 0.25) is 0 Å². The Balaban J connectivity index is 1.76. The van der Waals surface area contributed by atoms with E-state index in [1.165, 1.54) is 24.3 Å². The van der Waals surface area contributed by atoms with Crippen LogP contribution in [0.25, 0.3) is 0 Å². The highest BCUT2D eigenvalue weighted by molar-refractivity contribution is 7.99. The molecule has 0 bridgehead atoms. The molecule has 5 heteroatoms. The first-order chi connectivity index (χ1) is 6.84. The van der Waals surface area contributed by atoms with Crippen LogP contribution in [-0.2, 0) is 13.6 Å². The molecule has 4 nitrogen and oxygen atoms in total. The fourth-order valence-electron chi connectivity index (χ4n) is 1.63. The van der Waals surface area contributed by atoms with Gasteiger partial charge in [0.05, 0.1) is 5.69 Å². The van der Waals surface area contributed by atoms with Gasteiger partial charge in [-0.1, -0.05) is 5.21 Å². The molecule has 0 aromatic carbocycles. The normalized spacial score (nSPS) is 22.5. The first kappa shape index (κ1) is 9.98. The van der Waals surface area contributed by atoms with Crippen molar-refractivity contribution in [3.8, 4) is 0 Å². The van der Waals surface area contributed by atoms with Crippen molar-refractivity contribution in [2.45, 2.75) is 25.4 Å². The topological polar surface area (TPSA) is 42.7 Å². The Labute approximate surface area is 88.4 Å². The summed E-state index contributed by atoms with van der Waals surface area (Å²) in [6, 6.07) is 0.663. The van der Waals surface area contributed by atoms with Crippen molar-refractivity contribution in [2.24, 2.45) is 7.05 Å². The predicted octanol–water partition coefficient (Wildman–Crippen LogP) is 0.800. The minimum Gasteiger partial charge on any atom is -0.307 e. The van der Waals surface area contributed by atoms with Crippen molar-refractivity contribution in [3.05, 3.63) is 11.9 Å². The number of nitrogens with zero attached hydrogens (tertiary/aromatic N) is 3. The Hall–Kier alpha value is -0.550. The van der Waals surface area contributed by atoms with Crippen LogP contribution in [0.4, 0.5) is 0 Å². The van der Waals surface area contributed by atoms with Gasteiger partial charge in [0.25, 0.3) is 0 Å². The molecule has 1 N–H and O–H groups in total. The number of hydrogen-bond donors (Lipinski definition) is 1. The molecule has 1 unspecified atom stereocenters. The summed E-state index contributed by atoms with van der Waals surface area (Å²) in [5, 5.41) is 11.5. The first-order valence-electron chi connectivity index (χ1n) is 5.01. The van der Waals surface area contributed by atoms with E-state index in [1.54, 1.807) is 4.68 Å². The predicted molar refractivity (Wildman–Crippen MR) is 58.2 cm³/mol. The van der Waals surface area contributed by atoms with Gasteiger partial charge in [-0.25, -0.2) is 0 Å². The second-order valence-corrected chi connectivity index (χ2v) is 4.83. The van der Waals surface area contributed by atoms with Crippen LogP contribution in [0, 0.1) is 0 Å². The number of rotatable bonds is 3. The zero-order valence-corrected chi connectivity index (χ0v) is 9.26. The molecule has 1 aliphatic rings. The van der Waals surface area contributed by atoms with Gasteiger partial charge in [0.1, 0.15) is 0 Å². The highest BCUT2D eigenvalue weighted by atomic mass is 32.2. The van der Waals surface area contributed by atoms with Crippen molar-refractivity contribution >= 4 is 11.8 Å². The minimum absolute atomic E-state index is 0.663. The zero-order chi connectivity index (χ0) is 9.80. The van der Waals surface area contributed by atoms with Crippen LogP contribution in [0.1, 0.15) is 18.5 Å². The fraction of sp³-hybridized carbons (Fsp3) is 0.778. The third kappa shape index (κ3) is 2.72. The van der Waals surface area contributed by atoms with Gasteiger partial charge in [-0.3, -0.25) is 4.68 Å². The second kappa shape index (κ2) is 4.79. The molecule has 1 aliphatic heterocycles. The first-order valence-corrected chi connectivity index (χ1v) is 6.16. The van der Waals surface area contributed by atoms with Crippen LogP contribution in [0.3, 0.4) is 0 Å². The summed E-state index contributed by atoms with van der Waals surface area (Å²) < 4.78 is 1.74. The van der Waals surface area contributed by atoms with Crippen LogP contribution < -0.4 is 5.32 Å². The molecule has 0 aliphatic carbocycles. The van der Waals surface area contributed by atoms with E-state index in [2.05, 4.69) is 15.6 Å². The Morgan fingerprint density at radius 3 is 3.29 bits per heavy atom. The molecule has 0 amide bonds. The Morgan fingerprint density at radius 1 is 1.71 bits per heavy atom. The van der Waals surface area contributed by atoms with E-state index < -0.39 is 0 Å². The largest absolute Gasteiger partial charge is 0.307 e. The Bertz CT molecular complexity index is 280. The summed E-state index contributed by atoms with van der Waals surface area (Å²) >= 11 is 2.04. The maximum Gasteiger partial charge on any atom is 0.0964 e. The molecule has 1 aromatic heterocycles. The monoisotopic (exact) mass is 212 g/mol. The third-order valence-electron chi connectivity index (χ3n) is 2.38. The Morgan fingerprint density at radius 2 is 2.64 bits per heavy atom. The lowest BCUT2D eigenvalue weighted by molar-refractivity contribution is 0.503. The average molecular weight is 212 g/mol. The summed E-state index contributed by atoms with van der Waals surface area (Å²) in [7, 11) is 1.90. The molecular formula is C9H16N4S. The van der Waals surface area contributed by atoms with Crippen molar-refractivity contribution in [1.29, 1.82) is 0 Å². The molecule has 1 aromatic rings. The molecule has 2 heterocycles. The van der Waals surface area contributed by atoms with E-state index >= 15 is 0 Å². The standard InChI is InChI=1S/C9H16N4S/c1-13-6-9(11-12-13)5-10-8-3-2-4-14-7-8/h6,8,10H,2-5,7H2,1H3. The molecule has 0 spiro atoms. The zero-order valence-electron chi connectivity index (χ0n) is 8.44. The maximum absolute atomic E-state index is 4.04. The number of hydrogen-bond acceptors (Lipinski definition) is 4. The molecule has 78 valence electrons. The molecule has 0 radical (unpaired) electrons. The second-order valence-electron chi connectivity index (χ2n) is 3.68. The van der Waals surface area contributed by atoms with Crippen LogP contribution in [-0.4, -0.2) is 32.5 Å². The quantitative estimate of drug-likeness (QED) is 0.805. The van der Waals surface area contributed by atoms with E-state index in [4.69, 9.17) is 0 Å². The third-order valence-corrected chi connectivity index (χ3v) is 3.60. The van der Waals surface area contributed by atoms with E-state index in [0.717, 1.165) is 12.2 Å². The van der Waals surface area contributed by atoms with Gasteiger partial charge in [0, 0.05) is 31.6 Å². The summed E-state index contributed by atoms with van der Waals surface area (Å²) in [5.41, 5.74) is 1.03. The highest BCUT2D eigenvalue weighted by Gasteiger charge is 2.13. The van der Waals surface area contributed by atoms with E-state index in [-0.39, 0.29) is 0 Å². The summed E-state index contributed by atoms with van der Waals surface area (Å²) in [4.78, 5) is 0. The van der Waals surface area contributed by atoms with Crippen molar-refractivity contribution in [2.75, 3.05) is 11.5 Å². The Kier molecular flexibility index (Phi) is 3.42. The van der Waals surface area contributed by atoms with Gasteiger partial charge in [-0.15, -0.1) is 5.10 Å². The molecule has 14 heavy (non-hydrogen) atoms. The lowest BCUT2D eigenvalue weighted by atomic mass is 10.2. The van der Waals surface area contributed by atoms with Crippen molar-refractivity contribution < 1.29 is 0 Å². The molecule has 1 saturated heterocycles. The van der Waals surface area contributed by atoms with Crippen LogP contribution >= 0.6 is 11.8 Å². The van der Waals surface area contributed by atoms with Gasteiger partial charge < -0.3 is 5.32 Å². The van der Waals surface area contributed by atoms with Gasteiger partial charge in [-0.2, -0.15) is 11.8 Å². The molecule has 1 atom stereocenters. The lowest BCUT2D eigenvalue weighted by Gasteiger charge is -2.21. The van der Waals surface area contributed by atoms with Crippen LogP contribution in [0.5, 0.6) is 0 Å². The van der Waals surface area contributed by atoms with Crippen molar-refractivity contribution in [1.82, 2.24) is 20.3 Å². The average Bonchev–Trinajstić information content (AvgIpc) is 2.63. The van der Waals surface area contributed by atoms with E-state index in [1.807, 2.05) is 25.0 Å². The van der Waals surface area contributed by atoms with Crippen LogP contribution in [0.15, 0.2) is 6.20 Å². The fourth-order valence-corrected chi connectivity index (χ4v) is 2.73. The molecule has 1 fully saturated rings. The van der Waals surface area contributed by atoms with Crippen molar-refractivity contribution in [3.63, 3.8) is 0 Å². The summed E-state index contributed by atoms with van der Waals surface area (Å²) in [6.45, 7) is 0.846. The van der Waals surface area contributed by atoms with Gasteiger partial charge in [0.2, 0.25) is 0 Å². The molecule has 2 rings (SSSR count). The SMILES string of the molecule is Cn1cc(CNC2CCCSC2)nn1. The molecular weight excluding hydrogens is 196 g/mol. The van der Waals surface area contributed by atoms with Gasteiger partial charge in [0.15, 0.2) is 0 Å². The summed E-state index contributed by atoms with van der Waals surface area (Å²) in [5.74, 6) is 2.56.